The van der Waals surface area contributed by atoms with E-state index in [1.807, 2.05) is 296 Å². The molecule has 0 atom stereocenters. The van der Waals surface area contributed by atoms with Gasteiger partial charge >= 0.3 is 0 Å². The van der Waals surface area contributed by atoms with Gasteiger partial charge in [0, 0.05) is 141 Å². The summed E-state index contributed by atoms with van der Waals surface area (Å²) in [6, 6.07) is 154. The fraction of sp³-hybridized carbons (Fsp3) is 0.111. The summed E-state index contributed by atoms with van der Waals surface area (Å²) in [4.78, 5) is 35.3. The monoisotopic (exact) mass is 2520 g/mol. The predicted molar refractivity (Wildman–Crippen MR) is 557 cm³/mol. The van der Waals surface area contributed by atoms with Crippen molar-refractivity contribution in [3.63, 3.8) is 0 Å². The Morgan fingerprint density at radius 3 is 0.964 bits per heavy atom. The second-order valence-electron chi connectivity index (χ2n) is 34.2. The average Bonchev–Trinajstić information content (AvgIpc) is 1.60. The van der Waals surface area contributed by atoms with Gasteiger partial charge in [-0.15, -0.1) is 268 Å². The van der Waals surface area contributed by atoms with E-state index in [2.05, 4.69) is 295 Å². The number of aryl methyl sites for hydroxylation is 5. The van der Waals surface area contributed by atoms with Crippen molar-refractivity contribution >= 4 is 21.9 Å². The molecule has 139 heavy (non-hydrogen) atoms. The quantitative estimate of drug-likeness (QED) is 0.110. The number of aromatic nitrogens is 8. The minimum absolute atomic E-state index is 0. The Hall–Kier alpha value is -13.8. The van der Waals surface area contributed by atoms with Crippen LogP contribution in [0.5, 0.6) is 0 Å². The normalized spacial score (nSPS) is 10.4. The third-order valence-corrected chi connectivity index (χ3v) is 21.9. The zero-order valence-electron chi connectivity index (χ0n) is 79.5. The minimum Gasteiger partial charge on any atom is -0.501 e. The van der Waals surface area contributed by atoms with E-state index in [9.17, 15) is 0 Å². The van der Waals surface area contributed by atoms with E-state index < -0.39 is 0 Å². The van der Waals surface area contributed by atoms with Gasteiger partial charge in [-0.25, -0.2) is 0 Å². The van der Waals surface area contributed by atoms with Crippen LogP contribution in [0.15, 0.2) is 436 Å². The zero-order chi connectivity index (χ0) is 94.0. The van der Waals surface area contributed by atoms with Gasteiger partial charge in [-0.05, 0) is 170 Å². The molecule has 0 aliphatic heterocycles. The van der Waals surface area contributed by atoms with Crippen molar-refractivity contribution in [2.24, 2.45) is 0 Å². The summed E-state index contributed by atoms with van der Waals surface area (Å²) < 4.78 is 5.97. The Morgan fingerprint density at radius 2 is 0.583 bits per heavy atom. The van der Waals surface area contributed by atoms with Gasteiger partial charge in [0.25, 0.3) is 0 Å². The standard InChI is InChI=1S/C21H20N.C19H16N.C18H14N.C17H10NO.C15H16N.3C12H10N.4Ir/c1-21(2,3)19-12-13-22-20(15-19)18-11-7-10-17(14-18)16-8-5-4-6-9-16;1-2-15-13-19(17-11-7-4-8-12-17)20-14-18(15)16-9-5-3-6-10-16;1-14-10-11-18(19-13-14)17-9-5-8-16(12-17)15-6-3-2-4-7-15;1-2-10-16-12(6-1)13-7-5-8-14(17(13)19-16)15-9-3-4-11-18-15;1-15(2,3)13-9-10-16-14(11-13)12-7-5-4-6-8-12;3*1-10-7-8-12(13-9-10)11-5-3-2-4-6-11;;;;/h4-10,12-15H,1-3H3;3-11,13-14H,2H2,1H3;2-8,10-13H,1H3;1-7,9-11H;4-7,9-11H,1-3H3;3*2-5,7-9H,1H3;;;;/q8*-1;;;;. The van der Waals surface area contributed by atoms with Crippen molar-refractivity contribution in [2.45, 2.75) is 93.4 Å². The fourth-order valence-electron chi connectivity index (χ4n) is 14.4. The number of hydrogen-bond acceptors (Lipinski definition) is 9. The van der Waals surface area contributed by atoms with Gasteiger partial charge in [0.05, 0.1) is 5.58 Å². The largest absolute Gasteiger partial charge is 0.501 e. The van der Waals surface area contributed by atoms with Crippen molar-refractivity contribution < 1.29 is 84.8 Å². The second-order valence-corrected chi connectivity index (χ2v) is 34.2. The molecule has 9 heterocycles. The number of nitrogens with zero attached hydrogens (tertiary/aromatic N) is 8. The van der Waals surface area contributed by atoms with Crippen LogP contribution in [0.2, 0.25) is 0 Å². The van der Waals surface area contributed by atoms with Crippen LogP contribution in [-0.2, 0) is 97.7 Å². The molecule has 0 aliphatic carbocycles. The Kier molecular flexibility index (Phi) is 42.0. The first-order valence-electron chi connectivity index (χ1n) is 45.3. The van der Waals surface area contributed by atoms with Gasteiger partial charge in [0.2, 0.25) is 0 Å². The van der Waals surface area contributed by atoms with Gasteiger partial charge in [-0.3, -0.25) is 0 Å². The molecule has 4 radical (unpaired) electrons. The van der Waals surface area contributed by atoms with Gasteiger partial charge in [-0.2, -0.15) is 0 Å². The first-order valence-corrected chi connectivity index (χ1v) is 45.3. The predicted octanol–water partition coefficient (Wildman–Crippen LogP) is 31.7. The molecule has 700 valence electrons. The van der Waals surface area contributed by atoms with Crippen molar-refractivity contribution in [3.05, 3.63) is 519 Å². The molecule has 9 aromatic heterocycles. The van der Waals surface area contributed by atoms with Crippen molar-refractivity contribution in [1.82, 2.24) is 39.9 Å². The molecule has 0 unspecified atom stereocenters. The molecule has 9 nitrogen and oxygen atoms in total. The van der Waals surface area contributed by atoms with E-state index >= 15 is 0 Å². The molecular formula is C126H106Ir4N8O-8. The molecule has 21 rings (SSSR count). The summed E-state index contributed by atoms with van der Waals surface area (Å²) in [6.07, 6.45) is 16.0. The number of fused-ring (bicyclic) bond motifs is 3. The molecule has 13 heteroatoms. The first-order chi connectivity index (χ1) is 65.8. The molecular weight excluding hydrogens is 2410 g/mol. The average molecular weight is 2520 g/mol. The fourth-order valence-corrected chi connectivity index (χ4v) is 14.4. The SMILES string of the molecule is CC(C)(C)c1ccnc(-c2[c-]ccc(-c3ccccc3)c2)c1.CC(C)(C)c1ccnc(-c2[c-]cccc2)c1.CCc1cc(-c2[c-]cccc2)ncc1-c1ccccc1.Cc1ccc(-c2[c-]ccc(-c3ccccc3)c2)nc1.Cc1ccc(-c2[c-]cccc2)nc1.Cc1ccc(-c2[c-]cccc2)nc1.Cc1ccc(-c2[c-]cccc2)nc1.[Ir].[Ir].[Ir].[Ir].[c-]1ccc2c(oc3ccccc32)c1-c1ccccn1. The maximum atomic E-state index is 5.97. The van der Waals surface area contributed by atoms with Gasteiger partial charge in [0.15, 0.2) is 0 Å². The molecule has 21 aromatic rings. The number of furan rings is 1. The first kappa shape index (κ1) is 107. The summed E-state index contributed by atoms with van der Waals surface area (Å²) in [6.45, 7) is 23.6. The van der Waals surface area contributed by atoms with E-state index in [-0.39, 0.29) is 91.3 Å². The molecule has 0 N–H and O–H groups in total. The summed E-state index contributed by atoms with van der Waals surface area (Å²) in [7, 11) is 0. The van der Waals surface area contributed by atoms with Crippen molar-refractivity contribution in [3.8, 4) is 123 Å². The Bertz CT molecular complexity index is 7000. The molecule has 12 aromatic carbocycles. The van der Waals surface area contributed by atoms with E-state index in [1.165, 1.54) is 72.3 Å². The van der Waals surface area contributed by atoms with E-state index in [0.717, 1.165) is 118 Å². The van der Waals surface area contributed by atoms with Crippen LogP contribution < -0.4 is 0 Å². The van der Waals surface area contributed by atoms with E-state index in [0.29, 0.717) is 0 Å². The second kappa shape index (κ2) is 54.4. The van der Waals surface area contributed by atoms with Gasteiger partial charge < -0.3 is 44.3 Å². The maximum absolute atomic E-state index is 5.97. The van der Waals surface area contributed by atoms with Crippen LogP contribution in [-0.4, -0.2) is 39.9 Å². The van der Waals surface area contributed by atoms with Crippen molar-refractivity contribution in [1.29, 1.82) is 0 Å². The smallest absolute Gasteiger partial charge is 0.120 e. The number of hydrogen-bond donors (Lipinski definition) is 0. The van der Waals surface area contributed by atoms with Crippen LogP contribution in [0.4, 0.5) is 0 Å². The number of rotatable bonds is 12. The van der Waals surface area contributed by atoms with Crippen molar-refractivity contribution in [2.75, 3.05) is 0 Å². The topological polar surface area (TPSA) is 116 Å². The van der Waals surface area contributed by atoms with Gasteiger partial charge in [-0.1, -0.05) is 247 Å². The molecule has 0 spiro atoms. The maximum Gasteiger partial charge on any atom is 0.120 e. The number of benzene rings is 12. The van der Waals surface area contributed by atoms with Crippen LogP contribution >= 0.6 is 0 Å². The van der Waals surface area contributed by atoms with Crippen LogP contribution in [0.1, 0.15) is 87.4 Å². The van der Waals surface area contributed by atoms with Crippen LogP contribution in [0.3, 0.4) is 0 Å². The third kappa shape index (κ3) is 31.6. The Morgan fingerprint density at radius 1 is 0.245 bits per heavy atom. The number of para-hydroxylation sites is 1. The van der Waals surface area contributed by atoms with Gasteiger partial charge in [0.1, 0.15) is 5.58 Å². The molecule has 0 fully saturated rings. The Labute approximate surface area is 874 Å². The van der Waals surface area contributed by atoms with Crippen LogP contribution in [0, 0.1) is 76.2 Å². The summed E-state index contributed by atoms with van der Waals surface area (Å²) in [5.74, 6) is 0. The molecule has 0 aliphatic rings. The zero-order valence-corrected chi connectivity index (χ0v) is 89.1. The third-order valence-electron chi connectivity index (χ3n) is 21.9. The molecule has 0 bridgehead atoms. The Balaban J connectivity index is 0.000000164. The molecule has 0 saturated heterocycles. The molecule has 0 amide bonds. The number of pyridine rings is 8. The summed E-state index contributed by atoms with van der Waals surface area (Å²) in [5.41, 5.74) is 33.8. The summed E-state index contributed by atoms with van der Waals surface area (Å²) in [5, 5.41) is 2.23. The van der Waals surface area contributed by atoms with E-state index in [1.54, 1.807) is 6.20 Å². The molecule has 0 saturated carbocycles. The minimum atomic E-state index is 0. The summed E-state index contributed by atoms with van der Waals surface area (Å²) >= 11 is 0. The van der Waals surface area contributed by atoms with E-state index in [4.69, 9.17) is 4.42 Å². The van der Waals surface area contributed by atoms with Crippen LogP contribution in [0.25, 0.3) is 145 Å².